The summed E-state index contributed by atoms with van der Waals surface area (Å²) in [5, 5.41) is 41.9. The number of nitrogens with zero attached hydrogens (tertiary/aromatic N) is 1. The Morgan fingerprint density at radius 3 is 1.56 bits per heavy atom. The van der Waals surface area contributed by atoms with Crippen LogP contribution in [-0.4, -0.2) is 88.4 Å². The highest BCUT2D eigenvalue weighted by Gasteiger charge is 2.49. The van der Waals surface area contributed by atoms with E-state index >= 15 is 0 Å². The van der Waals surface area contributed by atoms with Crippen LogP contribution in [0.15, 0.2) is 91.0 Å². The highest BCUT2D eigenvalue weighted by molar-refractivity contribution is 5.86. The third-order valence-electron chi connectivity index (χ3n) is 7.56. The van der Waals surface area contributed by atoms with Crippen molar-refractivity contribution >= 4 is 18.1 Å². The third-order valence-corrected chi connectivity index (χ3v) is 7.56. The topological polar surface area (TPSA) is 163 Å². The second-order valence-electron chi connectivity index (χ2n) is 12.9. The Bertz CT molecular complexity index is 1490. The van der Waals surface area contributed by atoms with Gasteiger partial charge in [-0.1, -0.05) is 91.0 Å². The van der Waals surface area contributed by atoms with Crippen LogP contribution >= 0.6 is 0 Å². The zero-order valence-electron chi connectivity index (χ0n) is 28.1. The van der Waals surface area contributed by atoms with Crippen LogP contribution in [0.3, 0.4) is 0 Å². The minimum absolute atomic E-state index is 0.101. The number of halogens is 3. The molecule has 0 heterocycles. The van der Waals surface area contributed by atoms with Crippen LogP contribution in [0, 0.1) is 0 Å². The van der Waals surface area contributed by atoms with Crippen LogP contribution in [-0.2, 0) is 28.9 Å². The maximum absolute atomic E-state index is 14.3. The van der Waals surface area contributed by atoms with Gasteiger partial charge in [0.2, 0.25) is 6.04 Å². The fraction of sp³-hybridized carbons (Fsp3) is 0.417. The van der Waals surface area contributed by atoms with Crippen LogP contribution < -0.4 is 21.1 Å². The van der Waals surface area contributed by atoms with Crippen molar-refractivity contribution in [2.24, 2.45) is 0 Å². The van der Waals surface area contributed by atoms with Crippen molar-refractivity contribution in [1.82, 2.24) is 20.9 Å². The van der Waals surface area contributed by atoms with Gasteiger partial charge in [-0.25, -0.2) is 4.79 Å². The number of aliphatic hydroxyl groups is 2. The molecule has 14 heteroatoms. The predicted octanol–water partition coefficient (Wildman–Crippen LogP) is 2.94. The van der Waals surface area contributed by atoms with Gasteiger partial charge in [-0.3, -0.25) is 4.79 Å². The van der Waals surface area contributed by atoms with Crippen molar-refractivity contribution in [3.05, 3.63) is 108 Å². The quantitative estimate of drug-likeness (QED) is 0.152. The molecule has 0 bridgehead atoms. The van der Waals surface area contributed by atoms with Gasteiger partial charge < -0.3 is 45.7 Å². The van der Waals surface area contributed by atoms with E-state index in [9.17, 15) is 42.9 Å². The Hall–Kier alpha value is -4.66. The average Bonchev–Trinajstić information content (AvgIpc) is 3.03. The van der Waals surface area contributed by atoms with Gasteiger partial charge in [-0.15, -0.1) is 0 Å². The first kappa shape index (κ1) is 39.8. The molecule has 0 fully saturated rings. The zero-order chi connectivity index (χ0) is 36.9. The minimum Gasteiger partial charge on any atom is -0.530 e. The number of carboxylic acid groups (broad SMARTS) is 1. The second kappa shape index (κ2) is 18.4. The maximum Gasteiger partial charge on any atom is 0.417 e. The SMILES string of the molecule is CC(C)(C)OC(=O)N[C@@H](Cc1ccccc1)[C@H](O)CNC[C@@H](O)[C@H](Cc1ccccc1)NC(=O)C(N(Cc1ccccc1)C(=O)[O-])C(F)(F)F. The van der Waals surface area contributed by atoms with Gasteiger partial charge in [-0.2, -0.15) is 13.2 Å². The normalized spacial score (nSPS) is 14.8. The molecule has 0 spiro atoms. The van der Waals surface area contributed by atoms with Crippen LogP contribution in [0.5, 0.6) is 0 Å². The number of hydrogen-bond acceptors (Lipinski definition) is 8. The van der Waals surface area contributed by atoms with Crippen molar-refractivity contribution in [3.8, 4) is 0 Å². The summed E-state index contributed by atoms with van der Waals surface area (Å²) in [6.07, 6.45) is -10.9. The smallest absolute Gasteiger partial charge is 0.417 e. The molecule has 5 N–H and O–H groups in total. The van der Waals surface area contributed by atoms with E-state index in [1.807, 2.05) is 18.2 Å². The van der Waals surface area contributed by atoms with Gasteiger partial charge >= 0.3 is 12.3 Å². The first-order valence-corrected chi connectivity index (χ1v) is 16.1. The minimum atomic E-state index is -5.32. The molecule has 0 radical (unpaired) electrons. The molecule has 3 rings (SSSR count). The van der Waals surface area contributed by atoms with Crippen molar-refractivity contribution in [3.63, 3.8) is 0 Å². The van der Waals surface area contributed by atoms with E-state index in [-0.39, 0.29) is 36.4 Å². The molecule has 1 unspecified atom stereocenters. The average molecular weight is 702 g/mol. The molecular formula is C36H44F3N4O7-. The standard InChI is InChI=1S/C36H45F3N4O7/c1-35(2,3)50-33(47)42-28(20-25-15-9-5-10-16-25)30(45)22-40-21-29(44)27(19-24-13-7-4-8-14-24)41-32(46)31(36(37,38)39)43(34(48)49)23-26-17-11-6-12-18-26/h4-18,27-31,40,44-45H,19-23H2,1-3H3,(H,41,46)(H,42,47)(H,48,49)/p-1/t27-,28-,29+,30+,31?/m0/s1. The van der Waals surface area contributed by atoms with Gasteiger partial charge in [0.25, 0.3) is 5.91 Å². The molecule has 0 aliphatic heterocycles. The molecule has 5 atom stereocenters. The Balaban J connectivity index is 1.76. The van der Waals surface area contributed by atoms with Gasteiger partial charge in [0.05, 0.1) is 24.3 Å². The number of aliphatic hydroxyl groups excluding tert-OH is 2. The lowest BCUT2D eigenvalue weighted by Gasteiger charge is -2.35. The first-order chi connectivity index (χ1) is 23.5. The monoisotopic (exact) mass is 701 g/mol. The lowest BCUT2D eigenvalue weighted by Crippen LogP contribution is -2.62. The number of alkyl halides is 3. The molecule has 272 valence electrons. The molecule has 0 aliphatic rings. The Labute approximate surface area is 289 Å². The van der Waals surface area contributed by atoms with Crippen molar-refractivity contribution in [2.75, 3.05) is 13.1 Å². The number of alkyl carbamates (subject to hydrolysis) is 1. The molecule has 3 amide bonds. The number of rotatable bonds is 16. The maximum atomic E-state index is 14.3. The molecule has 11 nitrogen and oxygen atoms in total. The van der Waals surface area contributed by atoms with E-state index in [1.54, 1.807) is 69.3 Å². The first-order valence-electron chi connectivity index (χ1n) is 16.1. The summed E-state index contributed by atoms with van der Waals surface area (Å²) in [7, 11) is 0. The summed E-state index contributed by atoms with van der Waals surface area (Å²) in [4.78, 5) is 37.7. The Morgan fingerprint density at radius 2 is 1.16 bits per heavy atom. The van der Waals surface area contributed by atoms with Crippen LogP contribution in [0.1, 0.15) is 37.5 Å². The number of benzene rings is 3. The predicted molar refractivity (Wildman–Crippen MR) is 177 cm³/mol. The van der Waals surface area contributed by atoms with Crippen molar-refractivity contribution < 1.29 is 47.6 Å². The Morgan fingerprint density at radius 1 is 0.740 bits per heavy atom. The lowest BCUT2D eigenvalue weighted by atomic mass is 9.99. The van der Waals surface area contributed by atoms with Gasteiger partial charge in [0, 0.05) is 19.6 Å². The largest absolute Gasteiger partial charge is 0.530 e. The third kappa shape index (κ3) is 13.3. The summed E-state index contributed by atoms with van der Waals surface area (Å²) in [6, 6.07) is 19.6. The summed E-state index contributed by atoms with van der Waals surface area (Å²) >= 11 is 0. The van der Waals surface area contributed by atoms with E-state index in [1.165, 1.54) is 24.3 Å². The summed E-state index contributed by atoms with van der Waals surface area (Å²) in [5.74, 6) is -1.69. The van der Waals surface area contributed by atoms with E-state index in [2.05, 4.69) is 16.0 Å². The van der Waals surface area contributed by atoms with Gasteiger partial charge in [0.1, 0.15) is 11.7 Å². The number of carbonyl (C=O) groups excluding carboxylic acids is 3. The van der Waals surface area contributed by atoms with Gasteiger partial charge in [-0.05, 0) is 50.3 Å². The summed E-state index contributed by atoms with van der Waals surface area (Å²) in [6.45, 7) is 3.84. The zero-order valence-corrected chi connectivity index (χ0v) is 28.1. The highest BCUT2D eigenvalue weighted by atomic mass is 19.4. The number of ether oxygens (including phenoxy) is 1. The van der Waals surface area contributed by atoms with Crippen LogP contribution in [0.4, 0.5) is 22.8 Å². The number of hydrogen-bond donors (Lipinski definition) is 5. The fourth-order valence-electron chi connectivity index (χ4n) is 5.20. The Kier molecular flexibility index (Phi) is 14.6. The van der Waals surface area contributed by atoms with E-state index in [4.69, 9.17) is 4.74 Å². The summed E-state index contributed by atoms with van der Waals surface area (Å²) in [5.41, 5.74) is 0.799. The number of nitrogens with one attached hydrogen (secondary N) is 3. The molecule has 50 heavy (non-hydrogen) atoms. The summed E-state index contributed by atoms with van der Waals surface area (Å²) < 4.78 is 48.3. The molecule has 3 aromatic carbocycles. The van der Waals surface area contributed by atoms with E-state index in [0.29, 0.717) is 5.56 Å². The van der Waals surface area contributed by atoms with Crippen molar-refractivity contribution in [1.29, 1.82) is 0 Å². The van der Waals surface area contributed by atoms with E-state index < -0.39 is 66.7 Å². The lowest BCUT2D eigenvalue weighted by molar-refractivity contribution is -0.279. The number of carbonyl (C=O) groups is 3. The second-order valence-corrected chi connectivity index (χ2v) is 12.9. The van der Waals surface area contributed by atoms with Crippen molar-refractivity contribution in [2.45, 2.75) is 82.3 Å². The molecule has 3 aromatic rings. The molecule has 0 saturated carbocycles. The van der Waals surface area contributed by atoms with Crippen LogP contribution in [0.25, 0.3) is 0 Å². The van der Waals surface area contributed by atoms with Gasteiger partial charge in [0.15, 0.2) is 0 Å². The molecule has 0 saturated heterocycles. The molecular weight excluding hydrogens is 657 g/mol. The molecule has 0 aromatic heterocycles. The fourth-order valence-corrected chi connectivity index (χ4v) is 5.20. The van der Waals surface area contributed by atoms with E-state index in [0.717, 1.165) is 5.56 Å². The molecule has 0 aliphatic carbocycles. The highest BCUT2D eigenvalue weighted by Crippen LogP contribution is 2.27. The van der Waals surface area contributed by atoms with Crippen LogP contribution in [0.2, 0.25) is 0 Å². The number of amides is 3.